The standard InChI is InChI=1S/C18H28FN3O/c1-20-18(22-14-15-8-10-16(19)11-9-15)21-12-5-13-23-17-6-3-2-4-7-17/h8-11,17H,2-7,12-14H2,1H3,(H2,20,21,22). The summed E-state index contributed by atoms with van der Waals surface area (Å²) < 4.78 is 18.8. The van der Waals surface area contributed by atoms with Crippen LogP contribution in [0, 0.1) is 5.82 Å². The van der Waals surface area contributed by atoms with E-state index in [1.165, 1.54) is 44.2 Å². The molecule has 0 saturated heterocycles. The van der Waals surface area contributed by atoms with Crippen molar-refractivity contribution >= 4 is 5.96 Å². The van der Waals surface area contributed by atoms with Crippen molar-refractivity contribution in [2.75, 3.05) is 20.2 Å². The minimum Gasteiger partial charge on any atom is -0.378 e. The van der Waals surface area contributed by atoms with Crippen LogP contribution < -0.4 is 10.6 Å². The van der Waals surface area contributed by atoms with Gasteiger partial charge in [-0.05, 0) is 37.0 Å². The minimum atomic E-state index is -0.214. The fourth-order valence-electron chi connectivity index (χ4n) is 2.77. The molecule has 1 saturated carbocycles. The highest BCUT2D eigenvalue weighted by molar-refractivity contribution is 5.79. The number of hydrogen-bond acceptors (Lipinski definition) is 2. The zero-order valence-electron chi connectivity index (χ0n) is 14.0. The number of benzene rings is 1. The van der Waals surface area contributed by atoms with Gasteiger partial charge in [0.1, 0.15) is 5.82 Å². The lowest BCUT2D eigenvalue weighted by Gasteiger charge is -2.22. The molecule has 1 fully saturated rings. The molecule has 1 aliphatic carbocycles. The van der Waals surface area contributed by atoms with Crippen molar-refractivity contribution in [3.8, 4) is 0 Å². The highest BCUT2D eigenvalue weighted by Crippen LogP contribution is 2.20. The minimum absolute atomic E-state index is 0.214. The first-order chi connectivity index (χ1) is 11.3. The molecule has 1 aromatic rings. The third-order valence-electron chi connectivity index (χ3n) is 4.12. The molecular weight excluding hydrogens is 293 g/mol. The van der Waals surface area contributed by atoms with Crippen LogP contribution in [0.3, 0.4) is 0 Å². The van der Waals surface area contributed by atoms with E-state index in [1.54, 1.807) is 19.2 Å². The lowest BCUT2D eigenvalue weighted by molar-refractivity contribution is 0.0277. The molecule has 0 radical (unpaired) electrons. The molecule has 0 spiro atoms. The van der Waals surface area contributed by atoms with Crippen LogP contribution in [-0.4, -0.2) is 32.3 Å². The smallest absolute Gasteiger partial charge is 0.191 e. The van der Waals surface area contributed by atoms with Gasteiger partial charge >= 0.3 is 0 Å². The summed E-state index contributed by atoms with van der Waals surface area (Å²) in [5.41, 5.74) is 1.02. The number of aliphatic imine (C=N–C) groups is 1. The zero-order chi connectivity index (χ0) is 16.3. The molecule has 0 atom stereocenters. The Hall–Kier alpha value is -1.62. The normalized spacial score (nSPS) is 16.3. The molecule has 1 aromatic carbocycles. The van der Waals surface area contributed by atoms with Crippen molar-refractivity contribution in [1.29, 1.82) is 0 Å². The molecule has 4 nitrogen and oxygen atoms in total. The van der Waals surface area contributed by atoms with Gasteiger partial charge in [0.15, 0.2) is 5.96 Å². The second-order valence-corrected chi connectivity index (χ2v) is 5.96. The van der Waals surface area contributed by atoms with Gasteiger partial charge in [-0.1, -0.05) is 31.4 Å². The van der Waals surface area contributed by atoms with Gasteiger partial charge in [0.05, 0.1) is 6.10 Å². The fraction of sp³-hybridized carbons (Fsp3) is 0.611. The summed E-state index contributed by atoms with van der Waals surface area (Å²) in [5, 5.41) is 6.49. The van der Waals surface area contributed by atoms with Gasteiger partial charge in [0.25, 0.3) is 0 Å². The van der Waals surface area contributed by atoms with Crippen molar-refractivity contribution < 1.29 is 9.13 Å². The second-order valence-electron chi connectivity index (χ2n) is 5.96. The largest absolute Gasteiger partial charge is 0.378 e. The molecule has 2 rings (SSSR count). The molecule has 0 aliphatic heterocycles. The second kappa shape index (κ2) is 10.2. The van der Waals surface area contributed by atoms with Gasteiger partial charge in [-0.3, -0.25) is 4.99 Å². The molecule has 0 aromatic heterocycles. The van der Waals surface area contributed by atoms with Crippen molar-refractivity contribution in [3.05, 3.63) is 35.6 Å². The monoisotopic (exact) mass is 321 g/mol. The average Bonchev–Trinajstić information content (AvgIpc) is 2.59. The Morgan fingerprint density at radius 2 is 1.91 bits per heavy atom. The predicted molar refractivity (Wildman–Crippen MR) is 92.0 cm³/mol. The van der Waals surface area contributed by atoms with Crippen LogP contribution >= 0.6 is 0 Å². The Bertz CT molecular complexity index is 470. The third kappa shape index (κ3) is 6.99. The summed E-state index contributed by atoms with van der Waals surface area (Å²) >= 11 is 0. The summed E-state index contributed by atoms with van der Waals surface area (Å²) in [6.45, 7) is 2.25. The Morgan fingerprint density at radius 3 is 2.61 bits per heavy atom. The van der Waals surface area contributed by atoms with E-state index in [0.717, 1.165) is 31.1 Å². The van der Waals surface area contributed by atoms with Gasteiger partial charge in [-0.25, -0.2) is 4.39 Å². The first-order valence-corrected chi connectivity index (χ1v) is 8.58. The van der Waals surface area contributed by atoms with Crippen molar-refractivity contribution in [1.82, 2.24) is 10.6 Å². The van der Waals surface area contributed by atoms with Crippen molar-refractivity contribution in [3.63, 3.8) is 0 Å². The van der Waals surface area contributed by atoms with E-state index >= 15 is 0 Å². The van der Waals surface area contributed by atoms with Gasteiger partial charge in [-0.2, -0.15) is 0 Å². The number of ether oxygens (including phenoxy) is 1. The highest BCUT2D eigenvalue weighted by atomic mass is 19.1. The molecule has 5 heteroatoms. The van der Waals surface area contributed by atoms with E-state index in [4.69, 9.17) is 4.74 Å². The number of nitrogens with zero attached hydrogens (tertiary/aromatic N) is 1. The SMILES string of the molecule is CN=C(NCCCOC1CCCCC1)NCc1ccc(F)cc1. The van der Waals surface area contributed by atoms with Crippen LogP contribution in [0.4, 0.5) is 4.39 Å². The van der Waals surface area contributed by atoms with E-state index in [-0.39, 0.29) is 5.82 Å². The molecular formula is C18H28FN3O. The topological polar surface area (TPSA) is 45.7 Å². The van der Waals surface area contributed by atoms with Gasteiger partial charge in [0.2, 0.25) is 0 Å². The maximum absolute atomic E-state index is 12.9. The summed E-state index contributed by atoms with van der Waals surface area (Å²) in [5.74, 6) is 0.543. The number of halogens is 1. The van der Waals surface area contributed by atoms with Gasteiger partial charge in [-0.15, -0.1) is 0 Å². The Balaban J connectivity index is 1.56. The molecule has 0 amide bonds. The highest BCUT2D eigenvalue weighted by Gasteiger charge is 2.12. The maximum atomic E-state index is 12.9. The van der Waals surface area contributed by atoms with E-state index in [9.17, 15) is 4.39 Å². The molecule has 2 N–H and O–H groups in total. The van der Waals surface area contributed by atoms with E-state index < -0.39 is 0 Å². The fourth-order valence-corrected chi connectivity index (χ4v) is 2.77. The van der Waals surface area contributed by atoms with E-state index in [1.807, 2.05) is 0 Å². The van der Waals surface area contributed by atoms with E-state index in [2.05, 4.69) is 15.6 Å². The molecule has 1 aliphatic rings. The van der Waals surface area contributed by atoms with Crippen LogP contribution in [-0.2, 0) is 11.3 Å². The van der Waals surface area contributed by atoms with Crippen LogP contribution in [0.1, 0.15) is 44.1 Å². The number of hydrogen-bond donors (Lipinski definition) is 2. The van der Waals surface area contributed by atoms with Crippen LogP contribution in [0.25, 0.3) is 0 Å². The Morgan fingerprint density at radius 1 is 1.17 bits per heavy atom. The molecule has 0 unspecified atom stereocenters. The summed E-state index contributed by atoms with van der Waals surface area (Å²) in [6, 6.07) is 6.48. The maximum Gasteiger partial charge on any atom is 0.191 e. The summed E-state index contributed by atoms with van der Waals surface area (Å²) in [7, 11) is 1.75. The van der Waals surface area contributed by atoms with Crippen LogP contribution in [0.5, 0.6) is 0 Å². The lowest BCUT2D eigenvalue weighted by atomic mass is 9.98. The van der Waals surface area contributed by atoms with Crippen molar-refractivity contribution in [2.24, 2.45) is 4.99 Å². The number of guanidine groups is 1. The average molecular weight is 321 g/mol. The Labute approximate surface area is 138 Å². The summed E-state index contributed by atoms with van der Waals surface area (Å²) in [4.78, 5) is 4.19. The number of rotatable bonds is 7. The summed E-state index contributed by atoms with van der Waals surface area (Å²) in [6.07, 6.45) is 7.85. The van der Waals surface area contributed by atoms with Crippen molar-refractivity contribution in [2.45, 2.75) is 51.2 Å². The Kier molecular flexibility index (Phi) is 7.87. The molecule has 23 heavy (non-hydrogen) atoms. The third-order valence-corrected chi connectivity index (χ3v) is 4.12. The first kappa shape index (κ1) is 17.7. The molecule has 0 heterocycles. The molecule has 128 valence electrons. The van der Waals surface area contributed by atoms with Gasteiger partial charge in [0, 0.05) is 26.7 Å². The number of nitrogens with one attached hydrogen (secondary N) is 2. The quantitative estimate of drug-likeness (QED) is 0.460. The van der Waals surface area contributed by atoms with Gasteiger partial charge < -0.3 is 15.4 Å². The van der Waals surface area contributed by atoms with E-state index in [0.29, 0.717) is 12.6 Å². The zero-order valence-corrected chi connectivity index (χ0v) is 14.0. The molecule has 0 bridgehead atoms. The van der Waals surface area contributed by atoms with Crippen LogP contribution in [0.2, 0.25) is 0 Å². The van der Waals surface area contributed by atoms with Crippen LogP contribution in [0.15, 0.2) is 29.3 Å². The predicted octanol–water partition coefficient (Wildman–Crippen LogP) is 3.23. The lowest BCUT2D eigenvalue weighted by Crippen LogP contribution is -2.37. The first-order valence-electron chi connectivity index (χ1n) is 8.58.